The average Bonchev–Trinajstić information content (AvgIpc) is 3.54. The van der Waals surface area contributed by atoms with Gasteiger partial charge in [-0.1, -0.05) is 111 Å². The van der Waals surface area contributed by atoms with Crippen molar-refractivity contribution < 1.29 is 4.42 Å². The van der Waals surface area contributed by atoms with Crippen LogP contribution in [0.15, 0.2) is 156 Å². The van der Waals surface area contributed by atoms with E-state index in [1.54, 1.807) is 0 Å². The molecule has 0 saturated carbocycles. The van der Waals surface area contributed by atoms with Crippen LogP contribution in [-0.2, 0) is 5.41 Å². The van der Waals surface area contributed by atoms with E-state index >= 15 is 0 Å². The van der Waals surface area contributed by atoms with Crippen LogP contribution in [0, 0.1) is 0 Å². The van der Waals surface area contributed by atoms with Crippen LogP contribution in [0.3, 0.4) is 0 Å². The third-order valence-corrected chi connectivity index (χ3v) is 11.1. The van der Waals surface area contributed by atoms with Crippen molar-refractivity contribution in [1.29, 1.82) is 0 Å². The Morgan fingerprint density at radius 3 is 2.08 bits per heavy atom. The van der Waals surface area contributed by atoms with Gasteiger partial charge in [-0.05, 0) is 102 Å². The molecule has 0 N–H and O–H groups in total. The zero-order chi connectivity index (χ0) is 33.8. The molecular formula is C47H40N2O. The van der Waals surface area contributed by atoms with Crippen LogP contribution < -0.4 is 9.80 Å². The molecule has 244 valence electrons. The summed E-state index contributed by atoms with van der Waals surface area (Å²) in [6.45, 7) is 7.74. The lowest BCUT2D eigenvalue weighted by molar-refractivity contribution is 0.473. The number of hydrogen-bond donors (Lipinski definition) is 0. The van der Waals surface area contributed by atoms with Crippen molar-refractivity contribution in [2.45, 2.75) is 39.0 Å². The molecule has 0 atom stereocenters. The monoisotopic (exact) mass is 648 g/mol. The Labute approximate surface area is 294 Å². The normalized spacial score (nSPS) is 16.2. The first-order chi connectivity index (χ1) is 24.6. The summed E-state index contributed by atoms with van der Waals surface area (Å²) in [7, 11) is 0. The van der Waals surface area contributed by atoms with Gasteiger partial charge < -0.3 is 14.2 Å². The highest BCUT2D eigenvalue weighted by Crippen LogP contribution is 2.58. The van der Waals surface area contributed by atoms with E-state index in [9.17, 15) is 0 Å². The second-order valence-electron chi connectivity index (χ2n) is 13.6. The summed E-state index contributed by atoms with van der Waals surface area (Å²) in [4.78, 5) is 4.94. The maximum Gasteiger partial charge on any atom is 0.145 e. The van der Waals surface area contributed by atoms with Gasteiger partial charge in [0.2, 0.25) is 0 Å². The first kappa shape index (κ1) is 30.3. The Morgan fingerprint density at radius 1 is 0.660 bits per heavy atom. The van der Waals surface area contributed by atoms with Gasteiger partial charge in [0.1, 0.15) is 11.2 Å². The average molecular weight is 649 g/mol. The predicted octanol–water partition coefficient (Wildman–Crippen LogP) is 13.3. The van der Waals surface area contributed by atoms with E-state index in [1.165, 1.54) is 55.5 Å². The molecule has 0 amide bonds. The van der Waals surface area contributed by atoms with Crippen LogP contribution in [0.4, 0.5) is 28.4 Å². The second-order valence-corrected chi connectivity index (χ2v) is 13.6. The van der Waals surface area contributed by atoms with Crippen LogP contribution in [-0.4, -0.2) is 6.54 Å². The molecule has 2 aliphatic rings. The van der Waals surface area contributed by atoms with Gasteiger partial charge in [0.15, 0.2) is 0 Å². The fraction of sp³-hybridized carbons (Fsp3) is 0.149. The third kappa shape index (κ3) is 4.57. The fourth-order valence-electron chi connectivity index (χ4n) is 8.53. The number of benzene rings is 6. The van der Waals surface area contributed by atoms with Crippen molar-refractivity contribution in [1.82, 2.24) is 0 Å². The van der Waals surface area contributed by atoms with Gasteiger partial charge in [-0.25, -0.2) is 0 Å². The summed E-state index contributed by atoms with van der Waals surface area (Å²) >= 11 is 0. The molecule has 0 spiro atoms. The molecule has 2 aliphatic heterocycles. The van der Waals surface area contributed by atoms with E-state index in [0.29, 0.717) is 0 Å². The van der Waals surface area contributed by atoms with Gasteiger partial charge in [-0.2, -0.15) is 0 Å². The van der Waals surface area contributed by atoms with E-state index in [2.05, 4.69) is 182 Å². The zero-order valence-electron chi connectivity index (χ0n) is 28.9. The summed E-state index contributed by atoms with van der Waals surface area (Å²) in [6, 6.07) is 48.4. The van der Waals surface area contributed by atoms with E-state index in [0.717, 1.165) is 47.6 Å². The number of anilines is 5. The summed E-state index contributed by atoms with van der Waals surface area (Å²) in [5.74, 6) is 0. The summed E-state index contributed by atoms with van der Waals surface area (Å²) in [6.07, 6.45) is 8.70. The third-order valence-electron chi connectivity index (χ3n) is 11.1. The van der Waals surface area contributed by atoms with Crippen LogP contribution in [0.5, 0.6) is 0 Å². The first-order valence-corrected chi connectivity index (χ1v) is 17.9. The minimum absolute atomic E-state index is 0.193. The fourth-order valence-corrected chi connectivity index (χ4v) is 8.53. The van der Waals surface area contributed by atoms with Gasteiger partial charge in [-0.3, -0.25) is 0 Å². The molecule has 0 bridgehead atoms. The molecule has 0 radical (unpaired) electrons. The van der Waals surface area contributed by atoms with Gasteiger partial charge >= 0.3 is 0 Å². The number of allylic oxidation sites excluding steroid dienone is 3. The minimum Gasteiger partial charge on any atom is -0.455 e. The molecule has 0 saturated heterocycles. The van der Waals surface area contributed by atoms with E-state index in [4.69, 9.17) is 4.42 Å². The van der Waals surface area contributed by atoms with Gasteiger partial charge in [-0.15, -0.1) is 0 Å². The predicted molar refractivity (Wildman–Crippen MR) is 211 cm³/mol. The number of para-hydroxylation sites is 2. The highest BCUT2D eigenvalue weighted by molar-refractivity contribution is 6.12. The van der Waals surface area contributed by atoms with Gasteiger partial charge in [0.05, 0.1) is 5.69 Å². The molecular weight excluding hydrogens is 609 g/mol. The van der Waals surface area contributed by atoms with Gasteiger partial charge in [0, 0.05) is 51.0 Å². The van der Waals surface area contributed by atoms with Crippen molar-refractivity contribution in [2.75, 3.05) is 16.3 Å². The number of fused-ring (bicyclic) bond motifs is 6. The number of nitrogens with zero attached hydrogens (tertiary/aromatic N) is 2. The molecule has 9 rings (SSSR count). The zero-order valence-corrected chi connectivity index (χ0v) is 28.9. The van der Waals surface area contributed by atoms with Gasteiger partial charge in [0.25, 0.3) is 0 Å². The first-order valence-electron chi connectivity index (χ1n) is 17.9. The summed E-state index contributed by atoms with van der Waals surface area (Å²) in [5.41, 5.74) is 15.4. The standard InChI is InChI=1S/C47H40N2O/c1-4-47(5-2)40-30-37(49(35-19-10-7-11-20-35)36-25-23-34(24-26-36)33-17-8-6-9-18-33)27-28-42(40)48-29-15-14-16-32(3)44-45(48)41(47)31-39-38-21-12-13-22-43(38)50-46(39)44/h6-28,30-31H,4-5,29H2,1-3H3/b15-14-,32-16+. The number of hydrogen-bond acceptors (Lipinski definition) is 3. The van der Waals surface area contributed by atoms with E-state index in [1.807, 2.05) is 0 Å². The van der Waals surface area contributed by atoms with Crippen molar-refractivity contribution >= 4 is 55.9 Å². The molecule has 6 aromatic carbocycles. The molecule has 7 aromatic rings. The SMILES string of the molecule is CCC1(CC)c2cc(N(c3ccccc3)c3ccc(-c4ccccc4)cc3)ccc2N2C/C=C\C=C(/C)c3c2c1cc1c3oc2ccccc21. The maximum absolute atomic E-state index is 6.70. The molecule has 3 nitrogen and oxygen atoms in total. The minimum atomic E-state index is -0.193. The Balaban J connectivity index is 1.28. The highest BCUT2D eigenvalue weighted by Gasteiger charge is 2.43. The lowest BCUT2D eigenvalue weighted by Crippen LogP contribution is -2.37. The molecule has 0 unspecified atom stereocenters. The molecule has 0 fully saturated rings. The largest absolute Gasteiger partial charge is 0.455 e. The summed E-state index contributed by atoms with van der Waals surface area (Å²) in [5, 5.41) is 2.37. The quantitative estimate of drug-likeness (QED) is 0.179. The Bertz CT molecular complexity index is 2430. The van der Waals surface area contributed by atoms with Crippen LogP contribution in [0.1, 0.15) is 50.3 Å². The van der Waals surface area contributed by atoms with Crippen molar-refractivity contribution in [2.24, 2.45) is 0 Å². The lowest BCUT2D eigenvalue weighted by Gasteiger charge is -2.46. The smallest absolute Gasteiger partial charge is 0.145 e. The molecule has 50 heavy (non-hydrogen) atoms. The lowest BCUT2D eigenvalue weighted by atomic mass is 9.66. The van der Waals surface area contributed by atoms with E-state index < -0.39 is 0 Å². The number of rotatable bonds is 6. The topological polar surface area (TPSA) is 19.6 Å². The van der Waals surface area contributed by atoms with Crippen LogP contribution in [0.25, 0.3) is 38.6 Å². The van der Waals surface area contributed by atoms with Crippen LogP contribution >= 0.6 is 0 Å². The number of furan rings is 1. The second kappa shape index (κ2) is 12.0. The van der Waals surface area contributed by atoms with Crippen molar-refractivity contribution in [3.63, 3.8) is 0 Å². The Hall–Kier alpha value is -5.80. The summed E-state index contributed by atoms with van der Waals surface area (Å²) < 4.78 is 6.70. The van der Waals surface area contributed by atoms with Crippen molar-refractivity contribution in [3.05, 3.63) is 168 Å². The van der Waals surface area contributed by atoms with Crippen LogP contribution in [0.2, 0.25) is 0 Å². The molecule has 0 aliphatic carbocycles. The highest BCUT2D eigenvalue weighted by atomic mass is 16.3. The Morgan fingerprint density at radius 2 is 1.32 bits per heavy atom. The van der Waals surface area contributed by atoms with Crippen molar-refractivity contribution in [3.8, 4) is 11.1 Å². The molecule has 1 aromatic heterocycles. The molecule has 3 heterocycles. The molecule has 3 heteroatoms. The Kier molecular flexibility index (Phi) is 7.24. The maximum atomic E-state index is 6.70. The van der Waals surface area contributed by atoms with E-state index in [-0.39, 0.29) is 5.41 Å².